The summed E-state index contributed by atoms with van der Waals surface area (Å²) in [5, 5.41) is 2.06. The van der Waals surface area contributed by atoms with E-state index in [1.165, 1.54) is 18.5 Å². The summed E-state index contributed by atoms with van der Waals surface area (Å²) in [5.74, 6) is -0.303. The number of thiophene rings is 1. The van der Waals surface area contributed by atoms with Crippen molar-refractivity contribution in [1.29, 1.82) is 0 Å². The molecule has 2 aromatic rings. The van der Waals surface area contributed by atoms with Crippen LogP contribution in [0.3, 0.4) is 0 Å². The molecular weight excluding hydrogens is 268 g/mol. The Morgan fingerprint density at radius 2 is 2.25 bits per heavy atom. The fourth-order valence-electron chi connectivity index (χ4n) is 3.07. The van der Waals surface area contributed by atoms with Gasteiger partial charge in [-0.2, -0.15) is 0 Å². The fraction of sp³-hybridized carbons (Fsp3) is 0.438. The second-order valence-electron chi connectivity index (χ2n) is 5.47. The van der Waals surface area contributed by atoms with E-state index in [1.54, 1.807) is 11.3 Å². The first kappa shape index (κ1) is 13.4. The van der Waals surface area contributed by atoms with Crippen LogP contribution >= 0.6 is 11.3 Å². The standard InChI is InChI=1S/C16H20N2OS/c1-3-5-12-15(13-6-4-9-20-13)14(16(17)19)10(2)18(12)11-7-8-11/h4,6,9,11H,3,5,7-8H2,1-2H3,(H2,17,19). The second kappa shape index (κ2) is 5.09. The molecule has 0 radical (unpaired) electrons. The lowest BCUT2D eigenvalue weighted by Crippen LogP contribution is -2.13. The second-order valence-corrected chi connectivity index (χ2v) is 6.42. The lowest BCUT2D eigenvalue weighted by Gasteiger charge is -2.10. The quantitative estimate of drug-likeness (QED) is 0.891. The van der Waals surface area contributed by atoms with Crippen molar-refractivity contribution in [3.05, 3.63) is 34.5 Å². The van der Waals surface area contributed by atoms with Crippen LogP contribution in [-0.4, -0.2) is 10.5 Å². The molecule has 2 N–H and O–H groups in total. The molecule has 1 aliphatic rings. The number of carbonyl (C=O) groups excluding carboxylic acids is 1. The van der Waals surface area contributed by atoms with Crippen molar-refractivity contribution in [2.45, 2.75) is 45.6 Å². The van der Waals surface area contributed by atoms with E-state index in [4.69, 9.17) is 5.73 Å². The van der Waals surface area contributed by atoms with E-state index in [0.29, 0.717) is 6.04 Å². The average Bonchev–Trinajstić information content (AvgIpc) is 3.00. The molecular formula is C16H20N2OS. The highest BCUT2D eigenvalue weighted by Crippen LogP contribution is 2.44. The van der Waals surface area contributed by atoms with Gasteiger partial charge in [0.1, 0.15) is 0 Å². The van der Waals surface area contributed by atoms with Crippen LogP contribution in [0.4, 0.5) is 0 Å². The van der Waals surface area contributed by atoms with Gasteiger partial charge < -0.3 is 10.3 Å². The molecule has 2 heterocycles. The molecule has 1 aliphatic carbocycles. The van der Waals surface area contributed by atoms with Crippen LogP contribution in [-0.2, 0) is 6.42 Å². The maximum absolute atomic E-state index is 12.0. The summed E-state index contributed by atoms with van der Waals surface area (Å²) in [5.41, 5.74) is 9.82. The molecule has 106 valence electrons. The molecule has 2 aromatic heterocycles. The maximum Gasteiger partial charge on any atom is 0.251 e. The predicted molar refractivity (Wildman–Crippen MR) is 83.3 cm³/mol. The largest absolute Gasteiger partial charge is 0.366 e. The molecule has 1 saturated carbocycles. The molecule has 4 heteroatoms. The first-order chi connectivity index (χ1) is 9.65. The van der Waals surface area contributed by atoms with Gasteiger partial charge in [-0.25, -0.2) is 0 Å². The van der Waals surface area contributed by atoms with E-state index in [-0.39, 0.29) is 5.91 Å². The Morgan fingerprint density at radius 1 is 1.50 bits per heavy atom. The normalized spacial score (nSPS) is 14.7. The van der Waals surface area contributed by atoms with Gasteiger partial charge in [0.25, 0.3) is 5.91 Å². The third-order valence-electron chi connectivity index (χ3n) is 3.97. The Morgan fingerprint density at radius 3 is 2.75 bits per heavy atom. The van der Waals surface area contributed by atoms with Gasteiger partial charge >= 0.3 is 0 Å². The SMILES string of the molecule is CCCc1c(-c2cccs2)c(C(N)=O)c(C)n1C1CC1. The minimum absolute atomic E-state index is 0.303. The van der Waals surface area contributed by atoms with Crippen LogP contribution in [0.5, 0.6) is 0 Å². The van der Waals surface area contributed by atoms with Crippen LogP contribution in [0.15, 0.2) is 17.5 Å². The Bertz CT molecular complexity index is 636. The highest BCUT2D eigenvalue weighted by atomic mass is 32.1. The van der Waals surface area contributed by atoms with Crippen LogP contribution in [0.1, 0.15) is 54.0 Å². The predicted octanol–water partition coefficient (Wildman–Crippen LogP) is 3.91. The van der Waals surface area contributed by atoms with Gasteiger partial charge in [0, 0.05) is 27.9 Å². The van der Waals surface area contributed by atoms with Crippen molar-refractivity contribution in [3.8, 4) is 10.4 Å². The molecule has 0 atom stereocenters. The topological polar surface area (TPSA) is 48.0 Å². The van der Waals surface area contributed by atoms with Gasteiger partial charge in [0.05, 0.1) is 5.56 Å². The minimum atomic E-state index is -0.303. The van der Waals surface area contributed by atoms with Gasteiger partial charge in [-0.15, -0.1) is 11.3 Å². The number of amides is 1. The number of carbonyl (C=O) groups is 1. The van der Waals surface area contributed by atoms with E-state index < -0.39 is 0 Å². The summed E-state index contributed by atoms with van der Waals surface area (Å²) in [4.78, 5) is 13.1. The number of hydrogen-bond acceptors (Lipinski definition) is 2. The van der Waals surface area contributed by atoms with E-state index in [9.17, 15) is 4.79 Å². The number of nitrogens with zero attached hydrogens (tertiary/aromatic N) is 1. The molecule has 0 saturated heterocycles. The molecule has 3 nitrogen and oxygen atoms in total. The van der Waals surface area contributed by atoms with Gasteiger partial charge in [0.15, 0.2) is 0 Å². The number of rotatable bonds is 5. The minimum Gasteiger partial charge on any atom is -0.366 e. The highest BCUT2D eigenvalue weighted by molar-refractivity contribution is 7.13. The number of aromatic nitrogens is 1. The van der Waals surface area contributed by atoms with E-state index in [1.807, 2.05) is 13.0 Å². The molecule has 0 unspecified atom stereocenters. The van der Waals surface area contributed by atoms with Crippen molar-refractivity contribution < 1.29 is 4.79 Å². The van der Waals surface area contributed by atoms with Crippen LogP contribution < -0.4 is 5.73 Å². The third-order valence-corrected chi connectivity index (χ3v) is 4.85. The monoisotopic (exact) mass is 288 g/mol. The molecule has 1 fully saturated rings. The first-order valence-electron chi connectivity index (χ1n) is 7.22. The van der Waals surface area contributed by atoms with Crippen molar-refractivity contribution in [2.24, 2.45) is 5.73 Å². The smallest absolute Gasteiger partial charge is 0.251 e. The van der Waals surface area contributed by atoms with Crippen molar-refractivity contribution >= 4 is 17.2 Å². The molecule has 0 spiro atoms. The lowest BCUT2D eigenvalue weighted by atomic mass is 10.0. The summed E-state index contributed by atoms with van der Waals surface area (Å²) in [6.07, 6.45) is 4.51. The van der Waals surface area contributed by atoms with Gasteiger partial charge in [0.2, 0.25) is 0 Å². The number of nitrogens with two attached hydrogens (primary N) is 1. The van der Waals surface area contributed by atoms with Crippen molar-refractivity contribution in [2.75, 3.05) is 0 Å². The van der Waals surface area contributed by atoms with E-state index in [0.717, 1.165) is 34.5 Å². The van der Waals surface area contributed by atoms with E-state index >= 15 is 0 Å². The molecule has 0 bridgehead atoms. The molecule has 3 rings (SSSR count). The summed E-state index contributed by atoms with van der Waals surface area (Å²) >= 11 is 1.68. The fourth-order valence-corrected chi connectivity index (χ4v) is 3.86. The molecule has 0 aliphatic heterocycles. The maximum atomic E-state index is 12.0. The van der Waals surface area contributed by atoms with Gasteiger partial charge in [-0.05, 0) is 37.6 Å². The zero-order valence-corrected chi connectivity index (χ0v) is 12.8. The van der Waals surface area contributed by atoms with Crippen LogP contribution in [0.2, 0.25) is 0 Å². The van der Waals surface area contributed by atoms with Gasteiger partial charge in [-0.3, -0.25) is 4.79 Å². The zero-order valence-electron chi connectivity index (χ0n) is 12.0. The summed E-state index contributed by atoms with van der Waals surface area (Å²) < 4.78 is 2.37. The van der Waals surface area contributed by atoms with Gasteiger partial charge in [-0.1, -0.05) is 19.4 Å². The molecule has 20 heavy (non-hydrogen) atoms. The van der Waals surface area contributed by atoms with Crippen LogP contribution in [0, 0.1) is 6.92 Å². The van der Waals surface area contributed by atoms with Crippen molar-refractivity contribution in [3.63, 3.8) is 0 Å². The Balaban J connectivity index is 2.28. The molecule has 0 aromatic carbocycles. The molecule has 1 amide bonds. The Kier molecular flexibility index (Phi) is 3.42. The van der Waals surface area contributed by atoms with Crippen LogP contribution in [0.25, 0.3) is 10.4 Å². The highest BCUT2D eigenvalue weighted by Gasteiger charge is 2.32. The first-order valence-corrected chi connectivity index (χ1v) is 8.10. The zero-order chi connectivity index (χ0) is 14.3. The summed E-state index contributed by atoms with van der Waals surface area (Å²) in [6.45, 7) is 4.22. The number of primary amides is 1. The number of hydrogen-bond donors (Lipinski definition) is 1. The lowest BCUT2D eigenvalue weighted by molar-refractivity contribution is 0.1000. The average molecular weight is 288 g/mol. The Hall–Kier alpha value is -1.55. The Labute approximate surface area is 123 Å². The summed E-state index contributed by atoms with van der Waals surface area (Å²) in [6, 6.07) is 4.69. The van der Waals surface area contributed by atoms with E-state index in [2.05, 4.69) is 22.9 Å². The summed E-state index contributed by atoms with van der Waals surface area (Å²) in [7, 11) is 0. The van der Waals surface area contributed by atoms with Crippen molar-refractivity contribution in [1.82, 2.24) is 4.57 Å². The third kappa shape index (κ3) is 2.08.